The first-order valence-electron chi connectivity index (χ1n) is 9.52. The second kappa shape index (κ2) is 8.04. The molecule has 0 aliphatic rings. The third-order valence-electron chi connectivity index (χ3n) is 5.04. The van der Waals surface area contributed by atoms with Crippen molar-refractivity contribution in [3.05, 3.63) is 107 Å². The van der Waals surface area contributed by atoms with Gasteiger partial charge >= 0.3 is 0 Å². The van der Waals surface area contributed by atoms with Gasteiger partial charge < -0.3 is 9.47 Å². The Morgan fingerprint density at radius 1 is 0.966 bits per heavy atom. The van der Waals surface area contributed by atoms with Crippen molar-refractivity contribution in [3.63, 3.8) is 0 Å². The molecular weight excluding hydrogens is 358 g/mol. The first kappa shape index (κ1) is 18.5. The summed E-state index contributed by atoms with van der Waals surface area (Å²) in [6, 6.07) is 27.7. The summed E-state index contributed by atoms with van der Waals surface area (Å²) >= 11 is 0. The highest BCUT2D eigenvalue weighted by atomic mass is 16.2. The second-order valence-electron chi connectivity index (χ2n) is 7.15. The molecule has 0 saturated carbocycles. The zero-order chi connectivity index (χ0) is 20.2. The molecule has 4 nitrogen and oxygen atoms in total. The molecule has 4 heteroatoms. The normalized spacial score (nSPS) is 10.6. The van der Waals surface area contributed by atoms with Crippen LogP contribution in [0.25, 0.3) is 10.9 Å². The summed E-state index contributed by atoms with van der Waals surface area (Å²) in [6.07, 6.45) is 1.95. The maximum atomic E-state index is 13.2. The molecular formula is C25H21N3O. The highest BCUT2D eigenvalue weighted by Gasteiger charge is 2.18. The lowest BCUT2D eigenvalue weighted by atomic mass is 10.1. The van der Waals surface area contributed by atoms with E-state index in [4.69, 9.17) is 5.26 Å². The lowest BCUT2D eigenvalue weighted by molar-refractivity contribution is 0.0787. The largest absolute Gasteiger partial charge is 0.342 e. The van der Waals surface area contributed by atoms with Gasteiger partial charge in [-0.15, -0.1) is 0 Å². The lowest BCUT2D eigenvalue weighted by Gasteiger charge is -2.17. The zero-order valence-electron chi connectivity index (χ0n) is 16.2. The van der Waals surface area contributed by atoms with Crippen LogP contribution in [-0.2, 0) is 13.1 Å². The average Bonchev–Trinajstić information content (AvgIpc) is 3.12. The highest BCUT2D eigenvalue weighted by Crippen LogP contribution is 2.24. The van der Waals surface area contributed by atoms with E-state index in [0.717, 1.165) is 16.5 Å². The summed E-state index contributed by atoms with van der Waals surface area (Å²) in [7, 11) is 1.80. The van der Waals surface area contributed by atoms with E-state index in [1.165, 1.54) is 5.56 Å². The number of benzene rings is 3. The Bertz CT molecular complexity index is 1200. The van der Waals surface area contributed by atoms with Crippen molar-refractivity contribution >= 4 is 16.8 Å². The van der Waals surface area contributed by atoms with Crippen LogP contribution in [0, 0.1) is 11.3 Å². The molecule has 29 heavy (non-hydrogen) atoms. The first-order valence-corrected chi connectivity index (χ1v) is 9.52. The molecule has 1 heterocycles. The van der Waals surface area contributed by atoms with Crippen molar-refractivity contribution < 1.29 is 4.79 Å². The second-order valence-corrected chi connectivity index (χ2v) is 7.15. The summed E-state index contributed by atoms with van der Waals surface area (Å²) in [5, 5.41) is 10.0. The van der Waals surface area contributed by atoms with Crippen LogP contribution in [0.5, 0.6) is 0 Å². The van der Waals surface area contributed by atoms with E-state index in [2.05, 4.69) is 22.8 Å². The number of fused-ring (bicyclic) bond motifs is 1. The monoisotopic (exact) mass is 379 g/mol. The fourth-order valence-corrected chi connectivity index (χ4v) is 3.62. The van der Waals surface area contributed by atoms with Gasteiger partial charge in [0.1, 0.15) is 0 Å². The van der Waals surface area contributed by atoms with E-state index in [1.807, 2.05) is 66.9 Å². The van der Waals surface area contributed by atoms with Gasteiger partial charge in [0.25, 0.3) is 5.91 Å². The molecule has 0 radical (unpaired) electrons. The maximum absolute atomic E-state index is 13.2. The summed E-state index contributed by atoms with van der Waals surface area (Å²) in [5.41, 5.74) is 4.46. The van der Waals surface area contributed by atoms with Crippen molar-refractivity contribution in [2.75, 3.05) is 7.05 Å². The van der Waals surface area contributed by atoms with Crippen LogP contribution in [0.1, 0.15) is 27.0 Å². The SMILES string of the molecule is CN(Cc1cccc(C#N)c1)C(=O)c1cn(Cc2ccccc2)c2ccccc12. The van der Waals surface area contributed by atoms with Gasteiger partial charge in [-0.2, -0.15) is 5.26 Å². The third-order valence-corrected chi connectivity index (χ3v) is 5.04. The van der Waals surface area contributed by atoms with Crippen molar-refractivity contribution in [3.8, 4) is 6.07 Å². The smallest absolute Gasteiger partial charge is 0.256 e. The Labute approximate surface area is 170 Å². The van der Waals surface area contributed by atoms with Gasteiger partial charge in [-0.3, -0.25) is 4.79 Å². The van der Waals surface area contributed by atoms with Gasteiger partial charge in [0, 0.05) is 37.2 Å². The van der Waals surface area contributed by atoms with Crippen molar-refractivity contribution in [2.45, 2.75) is 13.1 Å². The van der Waals surface area contributed by atoms with E-state index in [9.17, 15) is 4.79 Å². The number of rotatable bonds is 5. The predicted molar refractivity (Wildman–Crippen MR) is 114 cm³/mol. The fourth-order valence-electron chi connectivity index (χ4n) is 3.62. The van der Waals surface area contributed by atoms with E-state index in [-0.39, 0.29) is 5.91 Å². The molecule has 1 aromatic heterocycles. The number of aromatic nitrogens is 1. The number of nitriles is 1. The molecule has 0 atom stereocenters. The van der Waals surface area contributed by atoms with Gasteiger partial charge in [0.2, 0.25) is 0 Å². The molecule has 142 valence electrons. The Kier molecular flexibility index (Phi) is 5.13. The number of carbonyl (C=O) groups is 1. The number of para-hydroxylation sites is 1. The Balaban J connectivity index is 1.64. The molecule has 0 spiro atoms. The van der Waals surface area contributed by atoms with Gasteiger partial charge in [0.05, 0.1) is 17.2 Å². The van der Waals surface area contributed by atoms with E-state index < -0.39 is 0 Å². The van der Waals surface area contributed by atoms with Gasteiger partial charge in [-0.25, -0.2) is 0 Å². The van der Waals surface area contributed by atoms with Crippen LogP contribution >= 0.6 is 0 Å². The third kappa shape index (κ3) is 3.90. The van der Waals surface area contributed by atoms with E-state index in [1.54, 1.807) is 18.0 Å². The van der Waals surface area contributed by atoms with Gasteiger partial charge in [-0.05, 0) is 29.3 Å². The van der Waals surface area contributed by atoms with Gasteiger partial charge in [-0.1, -0.05) is 60.7 Å². The Morgan fingerprint density at radius 3 is 2.48 bits per heavy atom. The van der Waals surface area contributed by atoms with Crippen LogP contribution in [0.15, 0.2) is 85.1 Å². The van der Waals surface area contributed by atoms with Crippen LogP contribution < -0.4 is 0 Å². The maximum Gasteiger partial charge on any atom is 0.256 e. The summed E-state index contributed by atoms with van der Waals surface area (Å²) in [6.45, 7) is 1.16. The number of hydrogen-bond acceptors (Lipinski definition) is 2. The number of amides is 1. The van der Waals surface area contributed by atoms with Crippen molar-refractivity contribution in [1.29, 1.82) is 5.26 Å². The molecule has 0 saturated heterocycles. The Morgan fingerprint density at radius 2 is 1.69 bits per heavy atom. The number of carbonyl (C=O) groups excluding carboxylic acids is 1. The van der Waals surface area contributed by atoms with Crippen LogP contribution in [0.4, 0.5) is 0 Å². The highest BCUT2D eigenvalue weighted by molar-refractivity contribution is 6.06. The quantitative estimate of drug-likeness (QED) is 0.498. The average molecular weight is 379 g/mol. The standard InChI is InChI=1S/C25H21N3O/c1-27(16-21-11-7-10-20(14-21)15-26)25(29)23-18-28(17-19-8-3-2-4-9-19)24-13-6-5-12-22(23)24/h2-14,18H,16-17H2,1H3. The minimum Gasteiger partial charge on any atom is -0.342 e. The van der Waals surface area contributed by atoms with Crippen molar-refractivity contribution in [2.24, 2.45) is 0 Å². The summed E-state index contributed by atoms with van der Waals surface area (Å²) in [5.74, 6) is -0.0321. The lowest BCUT2D eigenvalue weighted by Crippen LogP contribution is -2.26. The molecule has 3 aromatic carbocycles. The molecule has 1 amide bonds. The van der Waals surface area contributed by atoms with Crippen LogP contribution in [0.2, 0.25) is 0 Å². The molecule has 4 rings (SSSR count). The minimum absolute atomic E-state index is 0.0321. The van der Waals surface area contributed by atoms with E-state index in [0.29, 0.717) is 24.2 Å². The zero-order valence-corrected chi connectivity index (χ0v) is 16.2. The summed E-state index contributed by atoms with van der Waals surface area (Å²) in [4.78, 5) is 14.9. The molecule has 0 aliphatic heterocycles. The van der Waals surface area contributed by atoms with Crippen molar-refractivity contribution in [1.82, 2.24) is 9.47 Å². The number of nitrogens with zero attached hydrogens (tertiary/aromatic N) is 3. The molecule has 4 aromatic rings. The van der Waals surface area contributed by atoms with Crippen LogP contribution in [-0.4, -0.2) is 22.4 Å². The number of hydrogen-bond donors (Lipinski definition) is 0. The summed E-state index contributed by atoms with van der Waals surface area (Å²) < 4.78 is 2.13. The van der Waals surface area contributed by atoms with E-state index >= 15 is 0 Å². The molecule has 0 aliphatic carbocycles. The molecule has 0 fully saturated rings. The fraction of sp³-hybridized carbons (Fsp3) is 0.120. The predicted octanol–water partition coefficient (Wildman–Crippen LogP) is 4.83. The molecule has 0 N–H and O–H groups in total. The van der Waals surface area contributed by atoms with Crippen LogP contribution in [0.3, 0.4) is 0 Å². The van der Waals surface area contributed by atoms with Gasteiger partial charge in [0.15, 0.2) is 0 Å². The first-order chi connectivity index (χ1) is 14.2. The topological polar surface area (TPSA) is 49.0 Å². The molecule has 0 unspecified atom stereocenters. The Hall–Kier alpha value is -3.84. The molecule has 0 bridgehead atoms. The minimum atomic E-state index is -0.0321.